The van der Waals surface area contributed by atoms with Crippen LogP contribution in [0.15, 0.2) is 4.42 Å². The second-order valence-corrected chi connectivity index (χ2v) is 7.31. The van der Waals surface area contributed by atoms with Crippen molar-refractivity contribution in [1.82, 2.24) is 0 Å². The minimum absolute atomic E-state index is 0.00176. The van der Waals surface area contributed by atoms with E-state index in [0.29, 0.717) is 0 Å². The Morgan fingerprint density at radius 3 is 1.93 bits per heavy atom. The van der Waals surface area contributed by atoms with Gasteiger partial charge in [0.05, 0.1) is 40.4 Å². The van der Waals surface area contributed by atoms with E-state index in [2.05, 4.69) is 0 Å². The van der Waals surface area contributed by atoms with Crippen molar-refractivity contribution < 1.29 is 39.2 Å². The molecule has 4 N–H and O–H groups in total. The topological polar surface area (TPSA) is 145 Å². The smallest absolute Gasteiger partial charge is 0.201 e. The second-order valence-electron chi connectivity index (χ2n) is 7.31. The number of Topliss-reactive ketones (excluding diaryl/α,β-unsaturated/α-hetero) is 1. The van der Waals surface area contributed by atoms with E-state index < -0.39 is 58.1 Å². The Hall–Kier alpha value is -2.97. The average molecular weight is 386 g/mol. The predicted molar refractivity (Wildman–Crippen MR) is 93.7 cm³/mol. The highest BCUT2D eigenvalue weighted by Crippen LogP contribution is 2.50. The molecule has 8 heteroatoms. The standard InChI is InChI=1S/C20H18O8/c1-5(21)10-9(22)4-8-13(17(10)24)20(27)15-14(16(8)23)18(25)11-6(2)28-7(3)12(11)19(15)26/h9-10,17,22-24,27H,4H2,1-3H3/t9-,10?,17+/m1/s1. The lowest BCUT2D eigenvalue weighted by Crippen LogP contribution is -2.39. The molecule has 28 heavy (non-hydrogen) atoms. The first-order chi connectivity index (χ1) is 13.1. The summed E-state index contributed by atoms with van der Waals surface area (Å²) >= 11 is 0. The summed E-state index contributed by atoms with van der Waals surface area (Å²) in [6.45, 7) is 4.21. The number of aromatic hydroxyl groups is 2. The van der Waals surface area contributed by atoms with Crippen molar-refractivity contribution in [3.8, 4) is 11.5 Å². The van der Waals surface area contributed by atoms with Gasteiger partial charge in [0.25, 0.3) is 0 Å². The Morgan fingerprint density at radius 2 is 1.43 bits per heavy atom. The fraction of sp³-hybridized carbons (Fsp3) is 0.350. The Labute approximate surface area is 159 Å². The molecule has 0 bridgehead atoms. The molecule has 2 aromatic rings. The summed E-state index contributed by atoms with van der Waals surface area (Å²) in [5.74, 6) is -3.98. The molecule has 146 valence electrons. The fourth-order valence-electron chi connectivity index (χ4n) is 4.46. The summed E-state index contributed by atoms with van der Waals surface area (Å²) in [7, 11) is 0. The number of aliphatic hydroxyl groups is 2. The highest BCUT2D eigenvalue weighted by Gasteiger charge is 2.46. The first-order valence-corrected chi connectivity index (χ1v) is 8.74. The van der Waals surface area contributed by atoms with Gasteiger partial charge < -0.3 is 24.8 Å². The lowest BCUT2D eigenvalue weighted by Gasteiger charge is -2.35. The number of hydrogen-bond acceptors (Lipinski definition) is 8. The van der Waals surface area contributed by atoms with Crippen LogP contribution in [0.1, 0.15) is 67.5 Å². The van der Waals surface area contributed by atoms with E-state index in [0.717, 1.165) is 0 Å². The molecule has 1 aromatic heterocycles. The zero-order valence-corrected chi connectivity index (χ0v) is 15.4. The molecule has 1 aromatic carbocycles. The first-order valence-electron chi connectivity index (χ1n) is 8.74. The van der Waals surface area contributed by atoms with Crippen molar-refractivity contribution in [2.75, 3.05) is 0 Å². The van der Waals surface area contributed by atoms with Crippen LogP contribution in [-0.4, -0.2) is 43.9 Å². The van der Waals surface area contributed by atoms with Crippen molar-refractivity contribution >= 4 is 17.3 Å². The molecule has 0 radical (unpaired) electrons. The second kappa shape index (κ2) is 5.76. The SMILES string of the molecule is CC(=O)C1[C@H](O)Cc2c(O)c3c(c(O)c2[C@H]1O)C(=O)c1c(C)oc(C)c1C3=O. The number of phenols is 2. The van der Waals surface area contributed by atoms with Crippen LogP contribution in [0.5, 0.6) is 11.5 Å². The molecule has 0 spiro atoms. The van der Waals surface area contributed by atoms with Gasteiger partial charge in [0, 0.05) is 17.5 Å². The monoisotopic (exact) mass is 386 g/mol. The lowest BCUT2D eigenvalue weighted by atomic mass is 9.72. The molecule has 0 amide bonds. The van der Waals surface area contributed by atoms with E-state index in [4.69, 9.17) is 4.42 Å². The van der Waals surface area contributed by atoms with Gasteiger partial charge in [0.2, 0.25) is 11.6 Å². The maximum absolute atomic E-state index is 13.1. The molecule has 2 aliphatic carbocycles. The Balaban J connectivity index is 2.05. The number of carbonyl (C=O) groups excluding carboxylic acids is 3. The van der Waals surface area contributed by atoms with Crippen molar-refractivity contribution in [3.05, 3.63) is 44.9 Å². The number of rotatable bonds is 1. The third-order valence-corrected chi connectivity index (χ3v) is 5.69. The quantitative estimate of drug-likeness (QED) is 0.457. The van der Waals surface area contributed by atoms with Crippen LogP contribution in [0.4, 0.5) is 0 Å². The molecule has 0 aliphatic heterocycles. The van der Waals surface area contributed by atoms with Crippen LogP contribution >= 0.6 is 0 Å². The number of aryl methyl sites for hydroxylation is 2. The molecule has 3 atom stereocenters. The zero-order chi connectivity index (χ0) is 20.7. The van der Waals surface area contributed by atoms with Crippen LogP contribution < -0.4 is 0 Å². The number of ketones is 3. The molecule has 1 heterocycles. The summed E-state index contributed by atoms with van der Waals surface area (Å²) < 4.78 is 5.39. The van der Waals surface area contributed by atoms with Crippen molar-refractivity contribution in [1.29, 1.82) is 0 Å². The van der Waals surface area contributed by atoms with E-state index in [1.54, 1.807) is 0 Å². The van der Waals surface area contributed by atoms with Crippen LogP contribution in [0.2, 0.25) is 0 Å². The van der Waals surface area contributed by atoms with Crippen LogP contribution in [0, 0.1) is 19.8 Å². The van der Waals surface area contributed by atoms with E-state index >= 15 is 0 Å². The van der Waals surface area contributed by atoms with Gasteiger partial charge in [-0.1, -0.05) is 0 Å². The van der Waals surface area contributed by atoms with Crippen molar-refractivity contribution in [3.63, 3.8) is 0 Å². The zero-order valence-electron chi connectivity index (χ0n) is 15.4. The number of phenolic OH excluding ortho intramolecular Hbond substituents is 2. The maximum Gasteiger partial charge on any atom is 0.201 e. The largest absolute Gasteiger partial charge is 0.507 e. The third-order valence-electron chi connectivity index (χ3n) is 5.69. The van der Waals surface area contributed by atoms with Gasteiger partial charge in [-0.05, 0) is 20.8 Å². The summed E-state index contributed by atoms with van der Waals surface area (Å²) in [5, 5.41) is 42.4. The summed E-state index contributed by atoms with van der Waals surface area (Å²) in [6.07, 6.45) is -3.21. The Morgan fingerprint density at radius 1 is 0.929 bits per heavy atom. The normalized spacial score (nSPS) is 23.2. The molecule has 4 rings (SSSR count). The number of benzene rings is 1. The number of fused-ring (bicyclic) bond motifs is 3. The van der Waals surface area contributed by atoms with Gasteiger partial charge in [0.15, 0.2) is 0 Å². The molecular formula is C20H18O8. The van der Waals surface area contributed by atoms with Crippen LogP contribution in [0.25, 0.3) is 0 Å². The van der Waals surface area contributed by atoms with Gasteiger partial charge in [-0.25, -0.2) is 0 Å². The summed E-state index contributed by atoms with van der Waals surface area (Å²) in [4.78, 5) is 37.9. The molecule has 0 saturated heterocycles. The highest BCUT2D eigenvalue weighted by atomic mass is 16.3. The average Bonchev–Trinajstić information content (AvgIpc) is 2.89. The Kier molecular flexibility index (Phi) is 3.79. The first kappa shape index (κ1) is 18.4. The van der Waals surface area contributed by atoms with Crippen molar-refractivity contribution in [2.45, 2.75) is 39.4 Å². The molecule has 8 nitrogen and oxygen atoms in total. The molecule has 2 aliphatic rings. The van der Waals surface area contributed by atoms with Gasteiger partial charge in [-0.3, -0.25) is 14.4 Å². The van der Waals surface area contributed by atoms with Gasteiger partial charge in [-0.2, -0.15) is 0 Å². The van der Waals surface area contributed by atoms with Crippen LogP contribution in [0.3, 0.4) is 0 Å². The summed E-state index contributed by atoms with van der Waals surface area (Å²) in [5.41, 5.74) is -1.09. The Bertz CT molecular complexity index is 1090. The minimum atomic E-state index is -1.64. The number of aliphatic hydroxyl groups excluding tert-OH is 2. The predicted octanol–water partition coefficient (Wildman–Crippen LogP) is 1.24. The third kappa shape index (κ3) is 2.10. The number of carbonyl (C=O) groups is 3. The number of furan rings is 1. The lowest BCUT2D eigenvalue weighted by molar-refractivity contribution is -0.130. The van der Waals surface area contributed by atoms with Gasteiger partial charge in [-0.15, -0.1) is 0 Å². The van der Waals surface area contributed by atoms with Gasteiger partial charge >= 0.3 is 0 Å². The highest BCUT2D eigenvalue weighted by molar-refractivity contribution is 6.31. The van der Waals surface area contributed by atoms with Crippen molar-refractivity contribution in [2.24, 2.45) is 5.92 Å². The van der Waals surface area contributed by atoms with Crippen LogP contribution in [-0.2, 0) is 11.2 Å². The van der Waals surface area contributed by atoms with Gasteiger partial charge in [0.1, 0.15) is 28.8 Å². The summed E-state index contributed by atoms with van der Waals surface area (Å²) in [6, 6.07) is 0. The molecule has 0 fully saturated rings. The number of hydrogen-bond donors (Lipinski definition) is 4. The van der Waals surface area contributed by atoms with E-state index in [1.165, 1.54) is 20.8 Å². The fourth-order valence-corrected chi connectivity index (χ4v) is 4.46. The molecule has 1 unspecified atom stereocenters. The molecule has 0 saturated carbocycles. The van der Waals surface area contributed by atoms with E-state index in [9.17, 15) is 34.8 Å². The van der Waals surface area contributed by atoms with E-state index in [1.807, 2.05) is 0 Å². The van der Waals surface area contributed by atoms with E-state index in [-0.39, 0.29) is 40.2 Å². The minimum Gasteiger partial charge on any atom is -0.507 e. The maximum atomic E-state index is 13.1. The molecular weight excluding hydrogens is 368 g/mol.